The molecule has 1 aromatic heterocycles. The average Bonchev–Trinajstić information content (AvgIpc) is 2.80. The van der Waals surface area contributed by atoms with Crippen molar-refractivity contribution >= 4 is 5.96 Å². The summed E-state index contributed by atoms with van der Waals surface area (Å²) in [5, 5.41) is 16.2. The predicted octanol–water partition coefficient (Wildman–Crippen LogP) is 0.860. The molecule has 0 spiro atoms. The van der Waals surface area contributed by atoms with E-state index in [1.807, 2.05) is 6.07 Å². The van der Waals surface area contributed by atoms with Crippen molar-refractivity contribution in [1.82, 2.24) is 10.6 Å². The van der Waals surface area contributed by atoms with Crippen molar-refractivity contribution in [3.63, 3.8) is 0 Å². The standard InChI is InChI=1S/C12H19N3O2/c1-13-11(14-7-10-3-6-17-8-10)15-9-12(16)4-2-5-12/h3,6,8,16H,2,4-5,7,9H2,1H3,(H2,13,14,15). The van der Waals surface area contributed by atoms with E-state index in [0.717, 1.165) is 24.8 Å². The Labute approximate surface area is 101 Å². The number of nitrogens with one attached hydrogen (secondary N) is 2. The van der Waals surface area contributed by atoms with Crippen molar-refractivity contribution in [2.75, 3.05) is 13.6 Å². The lowest BCUT2D eigenvalue weighted by Gasteiger charge is -2.36. The summed E-state index contributed by atoms with van der Waals surface area (Å²) in [5.74, 6) is 0.700. The van der Waals surface area contributed by atoms with E-state index in [9.17, 15) is 5.11 Å². The van der Waals surface area contributed by atoms with E-state index in [1.54, 1.807) is 19.6 Å². The minimum absolute atomic E-state index is 0.534. The molecule has 0 saturated heterocycles. The van der Waals surface area contributed by atoms with Crippen LogP contribution in [-0.4, -0.2) is 30.3 Å². The fraction of sp³-hybridized carbons (Fsp3) is 0.583. The number of guanidine groups is 1. The van der Waals surface area contributed by atoms with Crippen LogP contribution in [0.15, 0.2) is 28.0 Å². The third-order valence-corrected chi connectivity index (χ3v) is 3.13. The summed E-state index contributed by atoms with van der Waals surface area (Å²) in [6.45, 7) is 1.21. The Morgan fingerprint density at radius 1 is 1.53 bits per heavy atom. The minimum atomic E-state index is -0.534. The topological polar surface area (TPSA) is 69.8 Å². The monoisotopic (exact) mass is 237 g/mol. The van der Waals surface area contributed by atoms with Crippen LogP contribution in [0.4, 0.5) is 0 Å². The summed E-state index contributed by atoms with van der Waals surface area (Å²) >= 11 is 0. The molecule has 5 heteroatoms. The highest BCUT2D eigenvalue weighted by Crippen LogP contribution is 2.30. The first-order valence-corrected chi connectivity index (χ1v) is 5.90. The van der Waals surface area contributed by atoms with Crippen LogP contribution in [0.1, 0.15) is 24.8 Å². The fourth-order valence-electron chi connectivity index (χ4n) is 1.81. The third-order valence-electron chi connectivity index (χ3n) is 3.13. The maximum atomic E-state index is 9.95. The zero-order valence-corrected chi connectivity index (χ0v) is 10.1. The molecule has 1 aromatic rings. The summed E-state index contributed by atoms with van der Waals surface area (Å²) in [6.07, 6.45) is 6.20. The van der Waals surface area contributed by atoms with Gasteiger partial charge in [-0.2, -0.15) is 0 Å². The molecular formula is C12H19N3O2. The van der Waals surface area contributed by atoms with Crippen LogP contribution in [0.3, 0.4) is 0 Å². The second-order valence-electron chi connectivity index (χ2n) is 4.49. The van der Waals surface area contributed by atoms with E-state index >= 15 is 0 Å². The normalized spacial score (nSPS) is 18.6. The molecular weight excluding hydrogens is 218 g/mol. The summed E-state index contributed by atoms with van der Waals surface area (Å²) in [7, 11) is 1.72. The van der Waals surface area contributed by atoms with Crippen LogP contribution in [0, 0.1) is 0 Å². The first-order chi connectivity index (χ1) is 8.22. The first kappa shape index (κ1) is 12.0. The van der Waals surface area contributed by atoms with Crippen LogP contribution in [0.25, 0.3) is 0 Å². The van der Waals surface area contributed by atoms with Gasteiger partial charge in [-0.3, -0.25) is 4.99 Å². The third kappa shape index (κ3) is 3.23. The first-order valence-electron chi connectivity index (χ1n) is 5.90. The highest BCUT2D eigenvalue weighted by molar-refractivity contribution is 5.79. The van der Waals surface area contributed by atoms with Gasteiger partial charge in [0.05, 0.1) is 18.1 Å². The van der Waals surface area contributed by atoms with Gasteiger partial charge in [-0.15, -0.1) is 0 Å². The van der Waals surface area contributed by atoms with E-state index in [1.165, 1.54) is 0 Å². The number of hydrogen-bond acceptors (Lipinski definition) is 3. The zero-order chi connectivity index (χ0) is 12.1. The molecule has 2 rings (SSSR count). The molecule has 5 nitrogen and oxygen atoms in total. The van der Waals surface area contributed by atoms with Gasteiger partial charge in [0.15, 0.2) is 5.96 Å². The molecule has 1 fully saturated rings. The van der Waals surface area contributed by atoms with E-state index in [0.29, 0.717) is 19.0 Å². The number of nitrogens with zero attached hydrogens (tertiary/aromatic N) is 1. The molecule has 0 aromatic carbocycles. The lowest BCUT2D eigenvalue weighted by molar-refractivity contribution is -0.0279. The molecule has 0 bridgehead atoms. The van der Waals surface area contributed by atoms with Gasteiger partial charge in [0, 0.05) is 25.7 Å². The number of rotatable bonds is 4. The lowest BCUT2D eigenvalue weighted by Crippen LogP contribution is -2.50. The highest BCUT2D eigenvalue weighted by atomic mass is 16.3. The van der Waals surface area contributed by atoms with Gasteiger partial charge in [-0.25, -0.2) is 0 Å². The molecule has 0 atom stereocenters. The Hall–Kier alpha value is -1.49. The van der Waals surface area contributed by atoms with Gasteiger partial charge in [-0.05, 0) is 25.3 Å². The largest absolute Gasteiger partial charge is 0.472 e. The number of hydrogen-bond donors (Lipinski definition) is 3. The van der Waals surface area contributed by atoms with Crippen LogP contribution in [-0.2, 0) is 6.54 Å². The van der Waals surface area contributed by atoms with E-state index in [2.05, 4.69) is 15.6 Å². The molecule has 1 heterocycles. The maximum absolute atomic E-state index is 9.95. The van der Waals surface area contributed by atoms with E-state index in [-0.39, 0.29) is 0 Å². The van der Waals surface area contributed by atoms with E-state index < -0.39 is 5.60 Å². The van der Waals surface area contributed by atoms with Crippen molar-refractivity contribution in [1.29, 1.82) is 0 Å². The van der Waals surface area contributed by atoms with Crippen molar-refractivity contribution in [2.24, 2.45) is 4.99 Å². The summed E-state index contributed by atoms with van der Waals surface area (Å²) in [5.41, 5.74) is 0.531. The molecule has 0 amide bonds. The highest BCUT2D eigenvalue weighted by Gasteiger charge is 2.34. The minimum Gasteiger partial charge on any atom is -0.472 e. The zero-order valence-electron chi connectivity index (χ0n) is 10.1. The van der Waals surface area contributed by atoms with Crippen LogP contribution < -0.4 is 10.6 Å². The number of aliphatic hydroxyl groups is 1. The molecule has 0 aliphatic heterocycles. The molecule has 1 saturated carbocycles. The summed E-state index contributed by atoms with van der Waals surface area (Å²) in [4.78, 5) is 4.10. The second-order valence-corrected chi connectivity index (χ2v) is 4.49. The molecule has 0 unspecified atom stereocenters. The van der Waals surface area contributed by atoms with Gasteiger partial charge < -0.3 is 20.2 Å². The van der Waals surface area contributed by atoms with Crippen molar-refractivity contribution in [3.8, 4) is 0 Å². The lowest BCUT2D eigenvalue weighted by atomic mass is 9.80. The number of aliphatic imine (C=N–C) groups is 1. The van der Waals surface area contributed by atoms with Crippen molar-refractivity contribution in [3.05, 3.63) is 24.2 Å². The SMILES string of the molecule is CN=C(NCc1ccoc1)NCC1(O)CCC1. The van der Waals surface area contributed by atoms with Crippen molar-refractivity contribution < 1.29 is 9.52 Å². The van der Waals surface area contributed by atoms with E-state index in [4.69, 9.17) is 4.42 Å². The number of furan rings is 1. The Bertz CT molecular complexity index is 369. The van der Waals surface area contributed by atoms with Crippen LogP contribution >= 0.6 is 0 Å². The van der Waals surface area contributed by atoms with Crippen molar-refractivity contribution in [2.45, 2.75) is 31.4 Å². The van der Waals surface area contributed by atoms with Gasteiger partial charge >= 0.3 is 0 Å². The Morgan fingerprint density at radius 2 is 2.35 bits per heavy atom. The van der Waals surface area contributed by atoms with Gasteiger partial charge in [0.1, 0.15) is 0 Å². The fourth-order valence-corrected chi connectivity index (χ4v) is 1.81. The summed E-state index contributed by atoms with van der Waals surface area (Å²) in [6, 6.07) is 1.90. The molecule has 17 heavy (non-hydrogen) atoms. The molecule has 1 aliphatic rings. The maximum Gasteiger partial charge on any atom is 0.191 e. The Morgan fingerprint density at radius 3 is 2.88 bits per heavy atom. The van der Waals surface area contributed by atoms with Gasteiger partial charge in [-0.1, -0.05) is 0 Å². The Balaban J connectivity index is 1.73. The van der Waals surface area contributed by atoms with Crippen LogP contribution in [0.2, 0.25) is 0 Å². The molecule has 94 valence electrons. The summed E-state index contributed by atoms with van der Waals surface area (Å²) < 4.78 is 4.98. The van der Waals surface area contributed by atoms with Crippen LogP contribution in [0.5, 0.6) is 0 Å². The average molecular weight is 237 g/mol. The molecule has 3 N–H and O–H groups in total. The van der Waals surface area contributed by atoms with Gasteiger partial charge in [0.2, 0.25) is 0 Å². The Kier molecular flexibility index (Phi) is 3.68. The van der Waals surface area contributed by atoms with Gasteiger partial charge in [0.25, 0.3) is 0 Å². The molecule has 1 aliphatic carbocycles. The smallest absolute Gasteiger partial charge is 0.191 e. The quantitative estimate of drug-likeness (QED) is 0.536. The molecule has 0 radical (unpaired) electrons. The second kappa shape index (κ2) is 5.23. The predicted molar refractivity (Wildman–Crippen MR) is 65.7 cm³/mol.